The second kappa shape index (κ2) is 8.16. The normalized spacial score (nSPS) is 13.2. The Morgan fingerprint density at radius 3 is 2.40 bits per heavy atom. The second-order valence-corrected chi connectivity index (χ2v) is 4.15. The SMILES string of the molecule is COC(=O)C(NC(=O)OCc1ccccc1)C(C)OC. The van der Waals surface area contributed by atoms with E-state index in [1.54, 1.807) is 6.92 Å². The molecule has 0 aliphatic heterocycles. The molecule has 6 heteroatoms. The molecule has 0 aliphatic carbocycles. The van der Waals surface area contributed by atoms with Gasteiger partial charge >= 0.3 is 12.1 Å². The van der Waals surface area contributed by atoms with Crippen molar-refractivity contribution in [1.29, 1.82) is 0 Å². The zero-order valence-electron chi connectivity index (χ0n) is 11.8. The van der Waals surface area contributed by atoms with Crippen molar-refractivity contribution in [3.63, 3.8) is 0 Å². The molecule has 1 N–H and O–H groups in total. The molecule has 1 amide bonds. The van der Waals surface area contributed by atoms with Gasteiger partial charge in [-0.2, -0.15) is 0 Å². The summed E-state index contributed by atoms with van der Waals surface area (Å²) in [7, 11) is 2.69. The van der Waals surface area contributed by atoms with E-state index in [0.717, 1.165) is 5.56 Å². The minimum absolute atomic E-state index is 0.127. The minimum atomic E-state index is -0.909. The van der Waals surface area contributed by atoms with Crippen molar-refractivity contribution < 1.29 is 23.8 Å². The molecule has 0 saturated heterocycles. The first-order chi connectivity index (χ1) is 9.58. The molecule has 1 rings (SSSR count). The van der Waals surface area contributed by atoms with Crippen LogP contribution >= 0.6 is 0 Å². The van der Waals surface area contributed by atoms with Crippen LogP contribution in [0.2, 0.25) is 0 Å². The molecule has 0 bridgehead atoms. The zero-order chi connectivity index (χ0) is 15.0. The molecular weight excluding hydrogens is 262 g/mol. The van der Waals surface area contributed by atoms with Gasteiger partial charge in [0.25, 0.3) is 0 Å². The summed E-state index contributed by atoms with van der Waals surface area (Å²) in [6.07, 6.45) is -1.22. The number of nitrogens with one attached hydrogen (secondary N) is 1. The van der Waals surface area contributed by atoms with Gasteiger partial charge < -0.3 is 19.5 Å². The Morgan fingerprint density at radius 1 is 1.20 bits per heavy atom. The molecule has 1 aromatic rings. The van der Waals surface area contributed by atoms with E-state index in [1.807, 2.05) is 30.3 Å². The van der Waals surface area contributed by atoms with Gasteiger partial charge in [0, 0.05) is 7.11 Å². The average molecular weight is 281 g/mol. The van der Waals surface area contributed by atoms with Crippen molar-refractivity contribution in [3.8, 4) is 0 Å². The van der Waals surface area contributed by atoms with Gasteiger partial charge in [-0.15, -0.1) is 0 Å². The molecule has 0 radical (unpaired) electrons. The summed E-state index contributed by atoms with van der Waals surface area (Å²) in [4.78, 5) is 23.2. The van der Waals surface area contributed by atoms with Crippen molar-refractivity contribution >= 4 is 12.1 Å². The van der Waals surface area contributed by atoms with Crippen molar-refractivity contribution in [2.45, 2.75) is 25.7 Å². The molecule has 0 saturated carbocycles. The van der Waals surface area contributed by atoms with E-state index in [2.05, 4.69) is 10.1 Å². The molecule has 110 valence electrons. The van der Waals surface area contributed by atoms with Crippen LogP contribution in [0.1, 0.15) is 12.5 Å². The van der Waals surface area contributed by atoms with Crippen LogP contribution in [0.15, 0.2) is 30.3 Å². The van der Waals surface area contributed by atoms with Crippen molar-refractivity contribution in [3.05, 3.63) is 35.9 Å². The van der Waals surface area contributed by atoms with Crippen LogP contribution in [0.4, 0.5) is 4.79 Å². The molecule has 6 nitrogen and oxygen atoms in total. The Morgan fingerprint density at radius 2 is 1.85 bits per heavy atom. The number of hydrogen-bond acceptors (Lipinski definition) is 5. The highest BCUT2D eigenvalue weighted by molar-refractivity contribution is 5.81. The first kappa shape index (κ1) is 16.0. The molecule has 2 unspecified atom stereocenters. The number of methoxy groups -OCH3 is 2. The third-order valence-electron chi connectivity index (χ3n) is 2.78. The lowest BCUT2D eigenvalue weighted by Crippen LogP contribution is -2.49. The number of carbonyl (C=O) groups excluding carboxylic acids is 2. The monoisotopic (exact) mass is 281 g/mol. The summed E-state index contributed by atoms with van der Waals surface area (Å²) in [5.74, 6) is -0.587. The van der Waals surface area contributed by atoms with E-state index < -0.39 is 24.2 Å². The summed E-state index contributed by atoms with van der Waals surface area (Å²) in [6.45, 7) is 1.78. The Hall–Kier alpha value is -2.08. The molecule has 0 aromatic heterocycles. The van der Waals surface area contributed by atoms with Gasteiger partial charge in [0.1, 0.15) is 6.61 Å². The first-order valence-corrected chi connectivity index (χ1v) is 6.16. The van der Waals surface area contributed by atoms with Gasteiger partial charge in [-0.3, -0.25) is 0 Å². The van der Waals surface area contributed by atoms with Gasteiger partial charge in [-0.05, 0) is 12.5 Å². The molecule has 1 aromatic carbocycles. The van der Waals surface area contributed by atoms with Crippen LogP contribution in [-0.4, -0.2) is 38.4 Å². The van der Waals surface area contributed by atoms with Gasteiger partial charge in [0.05, 0.1) is 13.2 Å². The minimum Gasteiger partial charge on any atom is -0.467 e. The van der Waals surface area contributed by atoms with E-state index in [4.69, 9.17) is 9.47 Å². The Kier molecular flexibility index (Phi) is 6.52. The van der Waals surface area contributed by atoms with Gasteiger partial charge in [0.15, 0.2) is 6.04 Å². The zero-order valence-corrected chi connectivity index (χ0v) is 11.8. The molecule has 0 spiro atoms. The van der Waals surface area contributed by atoms with Crippen LogP contribution in [0.25, 0.3) is 0 Å². The smallest absolute Gasteiger partial charge is 0.408 e. The van der Waals surface area contributed by atoms with E-state index in [0.29, 0.717) is 0 Å². The molecule has 0 aliphatic rings. The molecule has 2 atom stereocenters. The lowest BCUT2D eigenvalue weighted by molar-refractivity contribution is -0.146. The molecule has 20 heavy (non-hydrogen) atoms. The fourth-order valence-electron chi connectivity index (χ4n) is 1.52. The van der Waals surface area contributed by atoms with Crippen molar-refractivity contribution in [1.82, 2.24) is 5.32 Å². The maximum absolute atomic E-state index is 11.7. The summed E-state index contributed by atoms with van der Waals surface area (Å²) < 4.78 is 14.7. The highest BCUT2D eigenvalue weighted by Crippen LogP contribution is 2.03. The lowest BCUT2D eigenvalue weighted by atomic mass is 10.2. The predicted octanol–water partition coefficient (Wildman–Crippen LogP) is 1.49. The predicted molar refractivity (Wildman–Crippen MR) is 72.0 cm³/mol. The second-order valence-electron chi connectivity index (χ2n) is 4.15. The van der Waals surface area contributed by atoms with Crippen LogP contribution < -0.4 is 5.32 Å². The summed E-state index contributed by atoms with van der Waals surface area (Å²) in [5, 5.41) is 2.43. The maximum Gasteiger partial charge on any atom is 0.408 e. The summed E-state index contributed by atoms with van der Waals surface area (Å²) >= 11 is 0. The average Bonchev–Trinajstić information content (AvgIpc) is 2.50. The largest absolute Gasteiger partial charge is 0.467 e. The fraction of sp³-hybridized carbons (Fsp3) is 0.429. The Labute approximate surface area is 118 Å². The topological polar surface area (TPSA) is 73.9 Å². The standard InChI is InChI=1S/C14H19NO5/c1-10(18-2)12(13(16)19-3)15-14(17)20-9-11-7-5-4-6-8-11/h4-8,10,12H,9H2,1-3H3,(H,15,17). The van der Waals surface area contributed by atoms with Crippen LogP contribution in [0, 0.1) is 0 Å². The van der Waals surface area contributed by atoms with Crippen molar-refractivity contribution in [2.24, 2.45) is 0 Å². The number of benzene rings is 1. The van der Waals surface area contributed by atoms with Crippen LogP contribution in [-0.2, 0) is 25.6 Å². The van der Waals surface area contributed by atoms with Crippen molar-refractivity contribution in [2.75, 3.05) is 14.2 Å². The Bertz CT molecular complexity index is 434. The molecule has 0 fully saturated rings. The highest BCUT2D eigenvalue weighted by atomic mass is 16.6. The number of esters is 1. The van der Waals surface area contributed by atoms with E-state index in [1.165, 1.54) is 14.2 Å². The number of amides is 1. The number of carbonyl (C=O) groups is 2. The summed E-state index contributed by atoms with van der Waals surface area (Å²) in [6, 6.07) is 8.33. The van der Waals surface area contributed by atoms with Crippen LogP contribution in [0.3, 0.4) is 0 Å². The van der Waals surface area contributed by atoms with Gasteiger partial charge in [-0.1, -0.05) is 30.3 Å². The number of alkyl carbamates (subject to hydrolysis) is 1. The number of hydrogen-bond donors (Lipinski definition) is 1. The lowest BCUT2D eigenvalue weighted by Gasteiger charge is -2.21. The molecular formula is C14H19NO5. The maximum atomic E-state index is 11.7. The Balaban J connectivity index is 2.51. The summed E-state index contributed by atoms with van der Waals surface area (Å²) in [5.41, 5.74) is 0.858. The number of rotatable bonds is 6. The highest BCUT2D eigenvalue weighted by Gasteiger charge is 2.28. The van der Waals surface area contributed by atoms with E-state index in [9.17, 15) is 9.59 Å². The number of ether oxygens (including phenoxy) is 3. The van der Waals surface area contributed by atoms with E-state index in [-0.39, 0.29) is 6.61 Å². The van der Waals surface area contributed by atoms with Crippen LogP contribution in [0.5, 0.6) is 0 Å². The molecule has 0 heterocycles. The van der Waals surface area contributed by atoms with Gasteiger partial charge in [-0.25, -0.2) is 9.59 Å². The van der Waals surface area contributed by atoms with Gasteiger partial charge in [0.2, 0.25) is 0 Å². The fourth-order valence-corrected chi connectivity index (χ4v) is 1.52. The quantitative estimate of drug-likeness (QED) is 0.800. The third kappa shape index (κ3) is 4.89. The van der Waals surface area contributed by atoms with E-state index >= 15 is 0 Å². The first-order valence-electron chi connectivity index (χ1n) is 6.16. The third-order valence-corrected chi connectivity index (χ3v) is 2.78.